The lowest BCUT2D eigenvalue weighted by molar-refractivity contribution is 0.375. The van der Waals surface area contributed by atoms with Crippen LogP contribution < -0.4 is 9.47 Å². The van der Waals surface area contributed by atoms with Gasteiger partial charge in [0, 0.05) is 6.07 Å². The number of epoxide rings is 1. The Kier molecular flexibility index (Phi) is 2.33. The molecule has 1 aliphatic rings. The fourth-order valence-electron chi connectivity index (χ4n) is 1.53. The first kappa shape index (κ1) is 9.34. The van der Waals surface area contributed by atoms with Crippen LogP contribution in [0.15, 0.2) is 18.2 Å². The van der Waals surface area contributed by atoms with Crippen LogP contribution in [0, 0.1) is 0 Å². The van der Waals surface area contributed by atoms with Gasteiger partial charge in [0.05, 0.1) is 20.3 Å². The second kappa shape index (κ2) is 3.50. The Morgan fingerprint density at radius 2 is 1.57 bits per heavy atom. The molecule has 0 N–H and O–H groups in total. The van der Waals surface area contributed by atoms with Crippen molar-refractivity contribution in [3.05, 3.63) is 23.8 Å². The maximum absolute atomic E-state index is 5.39. The topological polar surface area (TPSA) is 31.0 Å². The van der Waals surface area contributed by atoms with E-state index in [4.69, 9.17) is 14.2 Å². The minimum atomic E-state index is 0.207. The van der Waals surface area contributed by atoms with Gasteiger partial charge >= 0.3 is 0 Å². The van der Waals surface area contributed by atoms with E-state index in [0.717, 1.165) is 17.1 Å². The van der Waals surface area contributed by atoms with Crippen LogP contribution in [0.4, 0.5) is 0 Å². The number of methoxy groups -OCH3 is 2. The highest BCUT2D eigenvalue weighted by molar-refractivity contribution is 5.40. The molecule has 3 nitrogen and oxygen atoms in total. The Labute approximate surface area is 83.6 Å². The van der Waals surface area contributed by atoms with Gasteiger partial charge in [-0.1, -0.05) is 0 Å². The van der Waals surface area contributed by atoms with Gasteiger partial charge in [0.1, 0.15) is 17.6 Å². The molecule has 76 valence electrons. The van der Waals surface area contributed by atoms with Crippen molar-refractivity contribution in [2.45, 2.75) is 19.1 Å². The largest absolute Gasteiger partial charge is 0.497 e. The molecule has 0 radical (unpaired) electrons. The average Bonchev–Trinajstić information content (AvgIpc) is 2.94. The van der Waals surface area contributed by atoms with Crippen molar-refractivity contribution in [1.82, 2.24) is 0 Å². The van der Waals surface area contributed by atoms with Gasteiger partial charge in [-0.05, 0) is 24.6 Å². The average molecular weight is 194 g/mol. The molecule has 0 saturated carbocycles. The molecule has 1 aliphatic heterocycles. The lowest BCUT2D eigenvalue weighted by atomic mass is 10.1. The SMILES string of the molecule is COc1cc(OC)cc(C2OC2C)c1. The van der Waals surface area contributed by atoms with Crippen LogP contribution in [-0.2, 0) is 4.74 Å². The van der Waals surface area contributed by atoms with Gasteiger partial charge in [-0.2, -0.15) is 0 Å². The monoisotopic (exact) mass is 194 g/mol. The smallest absolute Gasteiger partial charge is 0.122 e. The first-order valence-electron chi connectivity index (χ1n) is 4.63. The Bertz CT molecular complexity index is 313. The van der Waals surface area contributed by atoms with Crippen molar-refractivity contribution < 1.29 is 14.2 Å². The predicted octanol–water partition coefficient (Wildman–Crippen LogP) is 2.16. The summed E-state index contributed by atoms with van der Waals surface area (Å²) in [5, 5.41) is 0. The van der Waals surface area contributed by atoms with Gasteiger partial charge < -0.3 is 14.2 Å². The lowest BCUT2D eigenvalue weighted by Crippen LogP contribution is -1.91. The Morgan fingerprint density at radius 3 is 1.93 bits per heavy atom. The molecule has 0 aliphatic carbocycles. The van der Waals surface area contributed by atoms with E-state index in [1.165, 1.54) is 0 Å². The molecule has 3 heteroatoms. The molecule has 1 fully saturated rings. The van der Waals surface area contributed by atoms with Gasteiger partial charge in [0.2, 0.25) is 0 Å². The molecule has 1 aromatic carbocycles. The molecule has 1 heterocycles. The quantitative estimate of drug-likeness (QED) is 0.691. The fraction of sp³-hybridized carbons (Fsp3) is 0.455. The number of ether oxygens (including phenoxy) is 3. The first-order valence-corrected chi connectivity index (χ1v) is 4.63. The third-order valence-electron chi connectivity index (χ3n) is 2.41. The summed E-state index contributed by atoms with van der Waals surface area (Å²) in [5.74, 6) is 1.61. The van der Waals surface area contributed by atoms with E-state index in [1.807, 2.05) is 18.2 Å². The third-order valence-corrected chi connectivity index (χ3v) is 2.41. The minimum absolute atomic E-state index is 0.207. The number of hydrogen-bond donors (Lipinski definition) is 0. The van der Waals surface area contributed by atoms with Gasteiger partial charge in [0.15, 0.2) is 0 Å². The van der Waals surface area contributed by atoms with Crippen molar-refractivity contribution in [2.24, 2.45) is 0 Å². The van der Waals surface area contributed by atoms with Gasteiger partial charge in [-0.15, -0.1) is 0 Å². The number of benzene rings is 1. The van der Waals surface area contributed by atoms with Crippen molar-refractivity contribution in [3.8, 4) is 11.5 Å². The van der Waals surface area contributed by atoms with Crippen LogP contribution >= 0.6 is 0 Å². The summed E-state index contributed by atoms with van der Waals surface area (Å²) in [7, 11) is 3.30. The molecule has 0 aromatic heterocycles. The van der Waals surface area contributed by atoms with Crippen LogP contribution in [-0.4, -0.2) is 20.3 Å². The van der Waals surface area contributed by atoms with E-state index in [1.54, 1.807) is 14.2 Å². The third kappa shape index (κ3) is 1.68. The molecule has 14 heavy (non-hydrogen) atoms. The Hall–Kier alpha value is -1.22. The molecule has 1 aromatic rings. The second-order valence-electron chi connectivity index (χ2n) is 3.41. The maximum Gasteiger partial charge on any atom is 0.122 e. The second-order valence-corrected chi connectivity index (χ2v) is 3.41. The Balaban J connectivity index is 2.30. The zero-order valence-electron chi connectivity index (χ0n) is 8.61. The van der Waals surface area contributed by atoms with Crippen LogP contribution in [0.2, 0.25) is 0 Å². The van der Waals surface area contributed by atoms with Crippen LogP contribution in [0.5, 0.6) is 11.5 Å². The van der Waals surface area contributed by atoms with Crippen LogP contribution in [0.25, 0.3) is 0 Å². The summed E-state index contributed by atoms with van der Waals surface area (Å²) in [6.07, 6.45) is 0.519. The van der Waals surface area contributed by atoms with Gasteiger partial charge in [0.25, 0.3) is 0 Å². The summed E-state index contributed by atoms with van der Waals surface area (Å²) in [4.78, 5) is 0. The predicted molar refractivity (Wildman–Crippen MR) is 52.8 cm³/mol. The molecule has 0 spiro atoms. The van der Waals surface area contributed by atoms with Gasteiger partial charge in [-0.3, -0.25) is 0 Å². The van der Waals surface area contributed by atoms with Crippen LogP contribution in [0.1, 0.15) is 18.6 Å². The summed E-state index contributed by atoms with van der Waals surface area (Å²) in [5.41, 5.74) is 1.12. The molecule has 0 amide bonds. The summed E-state index contributed by atoms with van der Waals surface area (Å²) < 4.78 is 15.7. The highest BCUT2D eigenvalue weighted by Crippen LogP contribution is 2.40. The minimum Gasteiger partial charge on any atom is -0.497 e. The standard InChI is InChI=1S/C11H14O3/c1-7-11(14-7)8-4-9(12-2)6-10(5-8)13-3/h4-7,11H,1-3H3. The number of hydrogen-bond acceptors (Lipinski definition) is 3. The molecule has 0 bridgehead atoms. The highest BCUT2D eigenvalue weighted by Gasteiger charge is 2.36. The molecule has 2 rings (SSSR count). The Morgan fingerprint density at radius 1 is 1.07 bits per heavy atom. The van der Waals surface area contributed by atoms with E-state index < -0.39 is 0 Å². The lowest BCUT2D eigenvalue weighted by Gasteiger charge is -2.06. The van der Waals surface area contributed by atoms with Crippen molar-refractivity contribution in [2.75, 3.05) is 14.2 Å². The molecular weight excluding hydrogens is 180 g/mol. The fourth-order valence-corrected chi connectivity index (χ4v) is 1.53. The van der Waals surface area contributed by atoms with Gasteiger partial charge in [-0.25, -0.2) is 0 Å². The van der Waals surface area contributed by atoms with E-state index >= 15 is 0 Å². The first-order chi connectivity index (χ1) is 6.74. The summed E-state index contributed by atoms with van der Waals surface area (Å²) in [6, 6.07) is 5.82. The van der Waals surface area contributed by atoms with E-state index in [9.17, 15) is 0 Å². The summed E-state index contributed by atoms with van der Waals surface area (Å²) in [6.45, 7) is 2.05. The van der Waals surface area contributed by atoms with Crippen LogP contribution in [0.3, 0.4) is 0 Å². The molecule has 2 atom stereocenters. The maximum atomic E-state index is 5.39. The molecular formula is C11H14O3. The van der Waals surface area contributed by atoms with Crippen molar-refractivity contribution in [3.63, 3.8) is 0 Å². The highest BCUT2D eigenvalue weighted by atomic mass is 16.6. The molecule has 2 unspecified atom stereocenters. The normalized spacial score (nSPS) is 24.5. The van der Waals surface area contributed by atoms with E-state index in [0.29, 0.717) is 6.10 Å². The number of rotatable bonds is 3. The zero-order chi connectivity index (χ0) is 10.1. The molecule has 1 saturated heterocycles. The summed E-state index contributed by atoms with van der Waals surface area (Å²) >= 11 is 0. The zero-order valence-corrected chi connectivity index (χ0v) is 8.61. The van der Waals surface area contributed by atoms with E-state index in [2.05, 4.69) is 6.92 Å². The van der Waals surface area contributed by atoms with E-state index in [-0.39, 0.29) is 6.10 Å². The van der Waals surface area contributed by atoms with Crippen molar-refractivity contribution >= 4 is 0 Å². The van der Waals surface area contributed by atoms with Crippen molar-refractivity contribution in [1.29, 1.82) is 0 Å².